The zero-order valence-electron chi connectivity index (χ0n) is 4.76. The lowest BCUT2D eigenvalue weighted by Crippen LogP contribution is -2.07. The van der Waals surface area contributed by atoms with Crippen LogP contribution in [0.2, 0.25) is 0 Å². The molecule has 0 aliphatic carbocycles. The Labute approximate surface area is 53.1 Å². The standard InChI is InChI=1S/C5H9NOS/c1-8-4-2-3-5(6)7/h2,4H,3H2,1H3,(H2,6,7). The molecule has 3 heteroatoms. The fraction of sp³-hybridized carbons (Fsp3) is 0.400. The van der Waals surface area contributed by atoms with E-state index < -0.39 is 0 Å². The lowest BCUT2D eigenvalue weighted by atomic mass is 10.4. The van der Waals surface area contributed by atoms with Crippen molar-refractivity contribution in [3.05, 3.63) is 11.5 Å². The van der Waals surface area contributed by atoms with Gasteiger partial charge in [-0.05, 0) is 11.7 Å². The molecule has 0 aromatic heterocycles. The number of hydrogen-bond acceptors (Lipinski definition) is 2. The summed E-state index contributed by atoms with van der Waals surface area (Å²) < 4.78 is 0. The molecule has 0 saturated carbocycles. The van der Waals surface area contributed by atoms with Crippen LogP contribution in [0.4, 0.5) is 0 Å². The van der Waals surface area contributed by atoms with Crippen molar-refractivity contribution in [3.63, 3.8) is 0 Å². The first-order valence-corrected chi connectivity index (χ1v) is 3.52. The van der Waals surface area contributed by atoms with Crippen LogP contribution in [-0.4, -0.2) is 12.2 Å². The average Bonchev–Trinajstić information content (AvgIpc) is 1.66. The van der Waals surface area contributed by atoms with Gasteiger partial charge < -0.3 is 5.73 Å². The van der Waals surface area contributed by atoms with Crippen molar-refractivity contribution in [1.29, 1.82) is 0 Å². The van der Waals surface area contributed by atoms with Crippen molar-refractivity contribution in [2.45, 2.75) is 6.42 Å². The maximum Gasteiger partial charge on any atom is 0.221 e. The number of rotatable bonds is 3. The van der Waals surface area contributed by atoms with Gasteiger partial charge in [-0.3, -0.25) is 4.79 Å². The molecule has 0 unspecified atom stereocenters. The lowest BCUT2D eigenvalue weighted by Gasteiger charge is -1.81. The predicted molar refractivity (Wildman–Crippen MR) is 36.5 cm³/mol. The van der Waals surface area contributed by atoms with Crippen LogP contribution in [0.5, 0.6) is 0 Å². The molecule has 0 heterocycles. The molecule has 1 amide bonds. The van der Waals surface area contributed by atoms with Gasteiger partial charge in [-0.15, -0.1) is 11.8 Å². The number of carbonyl (C=O) groups is 1. The number of primary amides is 1. The van der Waals surface area contributed by atoms with Gasteiger partial charge in [0.2, 0.25) is 5.91 Å². The SMILES string of the molecule is CSC=CCC(N)=O. The van der Waals surface area contributed by atoms with E-state index in [1.807, 2.05) is 11.7 Å². The molecule has 2 nitrogen and oxygen atoms in total. The second-order valence-corrected chi connectivity index (χ2v) is 2.02. The predicted octanol–water partition coefficient (Wildman–Crippen LogP) is 0.738. The number of amides is 1. The summed E-state index contributed by atoms with van der Waals surface area (Å²) in [5.74, 6) is -0.282. The Bertz CT molecular complexity index is 101. The van der Waals surface area contributed by atoms with Crippen LogP contribution in [-0.2, 0) is 4.79 Å². The molecular formula is C5H9NOS. The van der Waals surface area contributed by atoms with Crippen molar-refractivity contribution >= 4 is 17.7 Å². The van der Waals surface area contributed by atoms with Crippen LogP contribution in [0.15, 0.2) is 11.5 Å². The van der Waals surface area contributed by atoms with E-state index in [-0.39, 0.29) is 5.91 Å². The Kier molecular flexibility index (Phi) is 4.45. The summed E-state index contributed by atoms with van der Waals surface area (Å²) in [5.41, 5.74) is 4.83. The topological polar surface area (TPSA) is 43.1 Å². The molecule has 0 spiro atoms. The minimum Gasteiger partial charge on any atom is -0.369 e. The van der Waals surface area contributed by atoms with E-state index in [9.17, 15) is 4.79 Å². The molecule has 46 valence electrons. The lowest BCUT2D eigenvalue weighted by molar-refractivity contribution is -0.117. The molecule has 0 aromatic carbocycles. The first kappa shape index (κ1) is 7.56. The van der Waals surface area contributed by atoms with Gasteiger partial charge in [-0.25, -0.2) is 0 Å². The second-order valence-electron chi connectivity index (χ2n) is 1.28. The normalized spacial score (nSPS) is 10.1. The summed E-state index contributed by atoms with van der Waals surface area (Å²) in [6.45, 7) is 0. The van der Waals surface area contributed by atoms with Gasteiger partial charge in [-0.2, -0.15) is 0 Å². The number of nitrogens with two attached hydrogens (primary N) is 1. The Morgan fingerprint density at radius 1 is 1.88 bits per heavy atom. The van der Waals surface area contributed by atoms with E-state index in [4.69, 9.17) is 5.73 Å². The molecule has 0 radical (unpaired) electrons. The van der Waals surface area contributed by atoms with Gasteiger partial charge in [0.25, 0.3) is 0 Å². The van der Waals surface area contributed by atoms with Crippen LogP contribution in [0.3, 0.4) is 0 Å². The van der Waals surface area contributed by atoms with Crippen LogP contribution < -0.4 is 5.73 Å². The largest absolute Gasteiger partial charge is 0.369 e. The smallest absolute Gasteiger partial charge is 0.221 e. The van der Waals surface area contributed by atoms with Crippen molar-refractivity contribution < 1.29 is 4.79 Å². The van der Waals surface area contributed by atoms with Crippen molar-refractivity contribution in [3.8, 4) is 0 Å². The third kappa shape index (κ3) is 5.56. The third-order valence-corrected chi connectivity index (χ3v) is 1.02. The molecule has 0 aliphatic heterocycles. The summed E-state index contributed by atoms with van der Waals surface area (Å²) in [4.78, 5) is 10.0. The summed E-state index contributed by atoms with van der Waals surface area (Å²) >= 11 is 1.56. The number of hydrogen-bond donors (Lipinski definition) is 1. The highest BCUT2D eigenvalue weighted by atomic mass is 32.2. The van der Waals surface area contributed by atoms with Gasteiger partial charge >= 0.3 is 0 Å². The van der Waals surface area contributed by atoms with Crippen molar-refractivity contribution in [2.24, 2.45) is 5.73 Å². The molecule has 2 N–H and O–H groups in total. The van der Waals surface area contributed by atoms with Gasteiger partial charge in [0, 0.05) is 6.42 Å². The molecular weight excluding hydrogens is 122 g/mol. The second kappa shape index (κ2) is 4.71. The molecule has 0 rings (SSSR count). The molecule has 0 aromatic rings. The monoisotopic (exact) mass is 131 g/mol. The quantitative estimate of drug-likeness (QED) is 0.613. The maximum absolute atomic E-state index is 10.0. The third-order valence-electron chi connectivity index (χ3n) is 0.551. The number of thioether (sulfide) groups is 1. The minimum atomic E-state index is -0.282. The fourth-order valence-electron chi connectivity index (χ4n) is 0.260. The Morgan fingerprint density at radius 3 is 2.88 bits per heavy atom. The molecule has 8 heavy (non-hydrogen) atoms. The maximum atomic E-state index is 10.0. The van der Waals surface area contributed by atoms with E-state index in [1.165, 1.54) is 0 Å². The Morgan fingerprint density at radius 2 is 2.50 bits per heavy atom. The van der Waals surface area contributed by atoms with Gasteiger partial charge in [0.05, 0.1) is 0 Å². The summed E-state index contributed by atoms with van der Waals surface area (Å²) in [5, 5.41) is 1.84. The highest BCUT2D eigenvalue weighted by Gasteiger charge is 1.83. The first-order chi connectivity index (χ1) is 3.77. The van der Waals surface area contributed by atoms with Crippen LogP contribution in [0.25, 0.3) is 0 Å². The van der Waals surface area contributed by atoms with E-state index in [2.05, 4.69) is 0 Å². The summed E-state index contributed by atoms with van der Waals surface area (Å²) in [7, 11) is 0. The Balaban J connectivity index is 3.16. The highest BCUT2D eigenvalue weighted by molar-refractivity contribution is 8.01. The zero-order valence-corrected chi connectivity index (χ0v) is 5.57. The fourth-order valence-corrected chi connectivity index (χ4v) is 0.549. The zero-order chi connectivity index (χ0) is 6.41. The number of carbonyl (C=O) groups excluding carboxylic acids is 1. The van der Waals surface area contributed by atoms with Crippen LogP contribution in [0.1, 0.15) is 6.42 Å². The first-order valence-electron chi connectivity index (χ1n) is 2.23. The highest BCUT2D eigenvalue weighted by Crippen LogP contribution is 1.93. The van der Waals surface area contributed by atoms with E-state index >= 15 is 0 Å². The average molecular weight is 131 g/mol. The summed E-state index contributed by atoms with van der Waals surface area (Å²) in [6, 6.07) is 0. The van der Waals surface area contributed by atoms with Crippen LogP contribution >= 0.6 is 11.8 Å². The van der Waals surface area contributed by atoms with E-state index in [0.29, 0.717) is 6.42 Å². The molecule has 0 bridgehead atoms. The Hall–Kier alpha value is -0.440. The molecule has 0 atom stereocenters. The van der Waals surface area contributed by atoms with Crippen molar-refractivity contribution in [2.75, 3.05) is 6.26 Å². The molecule has 0 fully saturated rings. The van der Waals surface area contributed by atoms with Crippen molar-refractivity contribution in [1.82, 2.24) is 0 Å². The van der Waals surface area contributed by atoms with Gasteiger partial charge in [0.15, 0.2) is 0 Å². The molecule has 0 aliphatic rings. The minimum absolute atomic E-state index is 0.282. The van der Waals surface area contributed by atoms with E-state index in [0.717, 1.165) is 0 Å². The van der Waals surface area contributed by atoms with Gasteiger partial charge in [0.1, 0.15) is 0 Å². The van der Waals surface area contributed by atoms with Gasteiger partial charge in [-0.1, -0.05) is 6.08 Å². The van der Waals surface area contributed by atoms with Crippen LogP contribution in [0, 0.1) is 0 Å². The molecule has 0 saturated heterocycles. The summed E-state index contributed by atoms with van der Waals surface area (Å²) in [6.07, 6.45) is 4.02. The van der Waals surface area contributed by atoms with E-state index in [1.54, 1.807) is 17.8 Å².